The van der Waals surface area contributed by atoms with Crippen LogP contribution in [0.1, 0.15) is 30.8 Å². The lowest BCUT2D eigenvalue weighted by Gasteiger charge is -2.00. The second-order valence-electron chi connectivity index (χ2n) is 4.58. The normalized spacial score (nSPS) is 11.0. The lowest BCUT2D eigenvalue weighted by atomic mass is 10.2. The molecule has 1 heterocycles. The van der Waals surface area contributed by atoms with Crippen molar-refractivity contribution in [3.05, 3.63) is 40.4 Å². The van der Waals surface area contributed by atoms with Gasteiger partial charge in [0.1, 0.15) is 16.6 Å². The van der Waals surface area contributed by atoms with Crippen molar-refractivity contribution in [1.29, 1.82) is 0 Å². The van der Waals surface area contributed by atoms with Crippen LogP contribution < -0.4 is 5.32 Å². The number of aryl methyl sites for hydroxylation is 1. The van der Waals surface area contributed by atoms with Gasteiger partial charge < -0.3 is 5.32 Å². The Hall–Kier alpha value is -1.33. The molecule has 0 fully saturated rings. The van der Waals surface area contributed by atoms with Crippen LogP contribution in [0.5, 0.6) is 0 Å². The predicted octanol–water partition coefficient (Wildman–Crippen LogP) is 4.15. The van der Waals surface area contributed by atoms with E-state index in [1.54, 1.807) is 0 Å². The van der Waals surface area contributed by atoms with Crippen LogP contribution in [0.2, 0.25) is 0 Å². The van der Waals surface area contributed by atoms with Gasteiger partial charge in [0.05, 0.1) is 5.69 Å². The van der Waals surface area contributed by atoms with Crippen molar-refractivity contribution in [3.8, 4) is 10.6 Å². The largest absolute Gasteiger partial charge is 0.312 e. The zero-order valence-electron chi connectivity index (χ0n) is 11.7. The third-order valence-corrected chi connectivity index (χ3v) is 4.06. The first-order valence-corrected chi connectivity index (χ1v) is 7.61. The van der Waals surface area contributed by atoms with Crippen molar-refractivity contribution < 1.29 is 8.78 Å². The Labute approximate surface area is 121 Å². The molecule has 5 heteroatoms. The molecule has 0 aliphatic heterocycles. The Morgan fingerprint density at radius 2 is 1.85 bits per heavy atom. The van der Waals surface area contributed by atoms with E-state index in [-0.39, 0.29) is 0 Å². The summed E-state index contributed by atoms with van der Waals surface area (Å²) in [6.45, 7) is 5.77. The van der Waals surface area contributed by atoms with Crippen LogP contribution >= 0.6 is 11.3 Å². The van der Waals surface area contributed by atoms with Gasteiger partial charge in [0.15, 0.2) is 0 Å². The highest BCUT2D eigenvalue weighted by Crippen LogP contribution is 2.30. The maximum absolute atomic E-state index is 13.3. The molecule has 2 nitrogen and oxygen atoms in total. The zero-order chi connectivity index (χ0) is 14.5. The molecule has 0 unspecified atom stereocenters. The van der Waals surface area contributed by atoms with E-state index in [2.05, 4.69) is 17.2 Å². The van der Waals surface area contributed by atoms with Gasteiger partial charge in [0, 0.05) is 23.1 Å². The first-order valence-electron chi connectivity index (χ1n) is 6.79. The van der Waals surface area contributed by atoms with Crippen LogP contribution in [-0.4, -0.2) is 11.5 Å². The Balaban J connectivity index is 2.35. The molecule has 1 aromatic heterocycles. The summed E-state index contributed by atoms with van der Waals surface area (Å²) < 4.78 is 26.6. The van der Waals surface area contributed by atoms with Crippen LogP contribution in [0.4, 0.5) is 8.78 Å². The Morgan fingerprint density at radius 1 is 1.15 bits per heavy atom. The third-order valence-electron chi connectivity index (χ3n) is 2.91. The van der Waals surface area contributed by atoms with E-state index < -0.39 is 11.6 Å². The molecule has 1 aromatic carbocycles. The summed E-state index contributed by atoms with van der Waals surface area (Å²) in [7, 11) is 0. The number of nitrogens with zero attached hydrogens (tertiary/aromatic N) is 1. The summed E-state index contributed by atoms with van der Waals surface area (Å²) in [5, 5.41) is 3.95. The summed E-state index contributed by atoms with van der Waals surface area (Å²) in [5.41, 5.74) is 1.53. The molecule has 0 amide bonds. The van der Waals surface area contributed by atoms with Crippen molar-refractivity contribution in [3.63, 3.8) is 0 Å². The maximum Gasteiger partial charge on any atom is 0.126 e. The standard InChI is InChI=1S/C15H18F2N2S/c1-3-5-13-14(9-18-4-2)20-15(19-13)10-6-11(16)8-12(17)7-10/h6-8,18H,3-5,9H2,1-2H3. The number of nitrogens with one attached hydrogen (secondary N) is 1. The summed E-state index contributed by atoms with van der Waals surface area (Å²) in [6.07, 6.45) is 1.88. The highest BCUT2D eigenvalue weighted by molar-refractivity contribution is 7.15. The van der Waals surface area contributed by atoms with E-state index in [9.17, 15) is 8.78 Å². The fraction of sp³-hybridized carbons (Fsp3) is 0.400. The van der Waals surface area contributed by atoms with Crippen LogP contribution in [0.3, 0.4) is 0 Å². The highest BCUT2D eigenvalue weighted by atomic mass is 32.1. The molecule has 0 atom stereocenters. The Morgan fingerprint density at radius 3 is 2.45 bits per heavy atom. The molecule has 0 radical (unpaired) electrons. The fourth-order valence-corrected chi connectivity index (χ4v) is 3.06. The number of halogens is 2. The average Bonchev–Trinajstić information content (AvgIpc) is 2.79. The number of aromatic nitrogens is 1. The molecule has 2 aromatic rings. The minimum atomic E-state index is -0.569. The second-order valence-corrected chi connectivity index (χ2v) is 5.66. The van der Waals surface area contributed by atoms with Crippen LogP contribution in [0.15, 0.2) is 18.2 Å². The summed E-state index contributed by atoms with van der Waals surface area (Å²) >= 11 is 1.50. The lowest BCUT2D eigenvalue weighted by Crippen LogP contribution is -2.11. The number of hydrogen-bond donors (Lipinski definition) is 1. The van der Waals surface area contributed by atoms with Crippen LogP contribution in [0.25, 0.3) is 10.6 Å². The number of benzene rings is 1. The van der Waals surface area contributed by atoms with Crippen LogP contribution in [0, 0.1) is 11.6 Å². The molecule has 0 aliphatic rings. The van der Waals surface area contributed by atoms with Gasteiger partial charge in [-0.3, -0.25) is 0 Å². The molecular weight excluding hydrogens is 278 g/mol. The second kappa shape index (κ2) is 6.90. The average molecular weight is 296 g/mol. The quantitative estimate of drug-likeness (QED) is 0.866. The molecule has 108 valence electrons. The fourth-order valence-electron chi connectivity index (χ4n) is 1.99. The first-order chi connectivity index (χ1) is 9.63. The van der Waals surface area contributed by atoms with Crippen molar-refractivity contribution in [1.82, 2.24) is 10.3 Å². The van der Waals surface area contributed by atoms with Gasteiger partial charge in [-0.05, 0) is 25.1 Å². The smallest absolute Gasteiger partial charge is 0.126 e. The van der Waals surface area contributed by atoms with E-state index in [0.29, 0.717) is 10.6 Å². The van der Waals surface area contributed by atoms with E-state index in [0.717, 1.165) is 42.6 Å². The summed E-state index contributed by atoms with van der Waals surface area (Å²) in [6, 6.07) is 3.53. The Kier molecular flexibility index (Phi) is 5.20. The van der Waals surface area contributed by atoms with Gasteiger partial charge in [-0.15, -0.1) is 11.3 Å². The summed E-state index contributed by atoms with van der Waals surface area (Å²) in [5.74, 6) is -1.14. The molecule has 0 aliphatic carbocycles. The topological polar surface area (TPSA) is 24.9 Å². The third kappa shape index (κ3) is 3.61. The molecule has 1 N–H and O–H groups in total. The molecule has 0 bridgehead atoms. The van der Waals surface area contributed by atoms with Crippen molar-refractivity contribution >= 4 is 11.3 Å². The zero-order valence-corrected chi connectivity index (χ0v) is 12.5. The molecule has 20 heavy (non-hydrogen) atoms. The van der Waals surface area contributed by atoms with Crippen molar-refractivity contribution in [2.75, 3.05) is 6.54 Å². The summed E-state index contributed by atoms with van der Waals surface area (Å²) in [4.78, 5) is 5.70. The molecule has 0 saturated carbocycles. The van der Waals surface area contributed by atoms with Gasteiger partial charge in [-0.2, -0.15) is 0 Å². The molecule has 0 saturated heterocycles. The highest BCUT2D eigenvalue weighted by Gasteiger charge is 2.13. The number of hydrogen-bond acceptors (Lipinski definition) is 3. The maximum atomic E-state index is 13.3. The molecule has 0 spiro atoms. The van der Waals surface area contributed by atoms with Crippen molar-refractivity contribution in [2.45, 2.75) is 33.2 Å². The van der Waals surface area contributed by atoms with Crippen molar-refractivity contribution in [2.24, 2.45) is 0 Å². The van der Waals surface area contributed by atoms with E-state index >= 15 is 0 Å². The van der Waals surface area contributed by atoms with Gasteiger partial charge in [-0.1, -0.05) is 20.3 Å². The monoisotopic (exact) mass is 296 g/mol. The number of rotatable bonds is 6. The lowest BCUT2D eigenvalue weighted by molar-refractivity contribution is 0.584. The predicted molar refractivity (Wildman–Crippen MR) is 78.8 cm³/mol. The first kappa shape index (κ1) is 15.1. The van der Waals surface area contributed by atoms with Gasteiger partial charge in [0.2, 0.25) is 0 Å². The van der Waals surface area contributed by atoms with Gasteiger partial charge in [-0.25, -0.2) is 13.8 Å². The van der Waals surface area contributed by atoms with E-state index in [4.69, 9.17) is 0 Å². The molecule has 2 rings (SSSR count). The number of thiazole rings is 1. The van der Waals surface area contributed by atoms with E-state index in [1.807, 2.05) is 6.92 Å². The van der Waals surface area contributed by atoms with Gasteiger partial charge in [0.25, 0.3) is 0 Å². The van der Waals surface area contributed by atoms with E-state index in [1.165, 1.54) is 23.5 Å². The minimum Gasteiger partial charge on any atom is -0.312 e. The molecular formula is C15H18F2N2S. The Bertz CT molecular complexity index is 561. The minimum absolute atomic E-state index is 0.507. The van der Waals surface area contributed by atoms with Gasteiger partial charge >= 0.3 is 0 Å². The SMILES string of the molecule is CCCc1nc(-c2cc(F)cc(F)c2)sc1CNCC. The van der Waals surface area contributed by atoms with Crippen LogP contribution in [-0.2, 0) is 13.0 Å².